The van der Waals surface area contributed by atoms with Crippen LogP contribution < -0.4 is 14.8 Å². The van der Waals surface area contributed by atoms with Gasteiger partial charge in [-0.3, -0.25) is 14.3 Å². The van der Waals surface area contributed by atoms with Crippen LogP contribution in [0.15, 0.2) is 48.5 Å². The van der Waals surface area contributed by atoms with Gasteiger partial charge in [0.1, 0.15) is 11.9 Å². The molecule has 0 saturated carbocycles. The summed E-state index contributed by atoms with van der Waals surface area (Å²) < 4.78 is 30.7. The zero-order valence-electron chi connectivity index (χ0n) is 16.3. The molecule has 0 aromatic heterocycles. The van der Waals surface area contributed by atoms with Crippen molar-refractivity contribution in [2.24, 2.45) is 0 Å². The highest BCUT2D eigenvalue weighted by Gasteiger charge is 2.28. The summed E-state index contributed by atoms with van der Waals surface area (Å²) in [5.74, 6) is -0.634. The molecule has 8 nitrogen and oxygen atoms in total. The average Bonchev–Trinajstić information content (AvgIpc) is 2.70. The molecule has 0 bridgehead atoms. The zero-order valence-corrected chi connectivity index (χ0v) is 17.9. The largest absolute Gasteiger partial charge is 0.490 e. The Morgan fingerprint density at radius 2 is 1.57 bits per heavy atom. The second-order valence-electron chi connectivity index (χ2n) is 6.97. The molecule has 10 heteroatoms. The summed E-state index contributed by atoms with van der Waals surface area (Å²) in [6.45, 7) is 0.837. The second kappa shape index (κ2) is 9.36. The van der Waals surface area contributed by atoms with Crippen LogP contribution in [0, 0.1) is 0 Å². The maximum Gasteiger partial charge on any atom is 0.313 e. The van der Waals surface area contributed by atoms with Gasteiger partial charge in [0, 0.05) is 42.3 Å². The van der Waals surface area contributed by atoms with E-state index in [0.717, 1.165) is 12.0 Å². The minimum Gasteiger partial charge on any atom is -0.490 e. The number of rotatable bonds is 5. The highest BCUT2D eigenvalue weighted by Crippen LogP contribution is 2.21. The van der Waals surface area contributed by atoms with E-state index in [1.807, 2.05) is 0 Å². The van der Waals surface area contributed by atoms with E-state index in [1.54, 1.807) is 24.3 Å². The Balaban J connectivity index is 1.48. The Morgan fingerprint density at radius 1 is 1.00 bits per heavy atom. The summed E-state index contributed by atoms with van der Waals surface area (Å²) in [5, 5.41) is 3.17. The second-order valence-corrected chi connectivity index (χ2v) is 9.15. The Morgan fingerprint density at radius 3 is 2.13 bits per heavy atom. The van der Waals surface area contributed by atoms with Gasteiger partial charge >= 0.3 is 11.8 Å². The van der Waals surface area contributed by atoms with E-state index in [1.165, 1.54) is 29.2 Å². The molecule has 1 aliphatic heterocycles. The molecule has 160 valence electrons. The van der Waals surface area contributed by atoms with Crippen LogP contribution >= 0.6 is 11.6 Å². The topological polar surface area (TPSA) is 105 Å². The van der Waals surface area contributed by atoms with Crippen LogP contribution in [0.25, 0.3) is 0 Å². The molecule has 1 fully saturated rings. The van der Waals surface area contributed by atoms with Crippen molar-refractivity contribution in [2.45, 2.75) is 18.9 Å². The molecule has 30 heavy (non-hydrogen) atoms. The van der Waals surface area contributed by atoms with E-state index in [-0.39, 0.29) is 6.10 Å². The number of ether oxygens (including phenoxy) is 1. The summed E-state index contributed by atoms with van der Waals surface area (Å²) >= 11 is 5.86. The van der Waals surface area contributed by atoms with Crippen LogP contribution in [0.2, 0.25) is 5.02 Å². The van der Waals surface area contributed by atoms with E-state index < -0.39 is 21.8 Å². The van der Waals surface area contributed by atoms with Gasteiger partial charge in [-0.25, -0.2) is 8.42 Å². The first kappa shape index (κ1) is 21.9. The quantitative estimate of drug-likeness (QED) is 0.680. The standard InChI is InChI=1S/C20H22ClN3O5S/c1-30(27,28)23-16-6-4-15(5-7-16)22-19(25)20(26)24-12-10-18(11-13-24)29-17-8-2-14(21)3-9-17/h2-9,18,23H,10-13H2,1H3,(H,22,25). The number of likely N-dealkylation sites (tertiary alicyclic amines) is 1. The van der Waals surface area contributed by atoms with Crippen molar-refractivity contribution in [3.05, 3.63) is 53.6 Å². The van der Waals surface area contributed by atoms with Gasteiger partial charge in [-0.15, -0.1) is 0 Å². The lowest BCUT2D eigenvalue weighted by Gasteiger charge is -2.31. The van der Waals surface area contributed by atoms with Crippen molar-refractivity contribution in [1.29, 1.82) is 0 Å². The molecule has 0 spiro atoms. The molecular formula is C20H22ClN3O5S. The van der Waals surface area contributed by atoms with Crippen LogP contribution in [0.1, 0.15) is 12.8 Å². The molecule has 0 radical (unpaired) electrons. The fourth-order valence-corrected chi connectivity index (χ4v) is 3.74. The van der Waals surface area contributed by atoms with E-state index in [4.69, 9.17) is 16.3 Å². The average molecular weight is 452 g/mol. The van der Waals surface area contributed by atoms with Crippen molar-refractivity contribution in [3.63, 3.8) is 0 Å². The predicted molar refractivity (Wildman–Crippen MR) is 115 cm³/mol. The van der Waals surface area contributed by atoms with Crippen LogP contribution in [0.4, 0.5) is 11.4 Å². The minimum atomic E-state index is -3.38. The van der Waals surface area contributed by atoms with Crippen molar-refractivity contribution in [2.75, 3.05) is 29.4 Å². The lowest BCUT2D eigenvalue weighted by atomic mass is 10.1. The molecular weight excluding hydrogens is 430 g/mol. The fourth-order valence-electron chi connectivity index (χ4n) is 3.05. The number of nitrogens with zero attached hydrogens (tertiary/aromatic N) is 1. The first-order valence-electron chi connectivity index (χ1n) is 9.30. The lowest BCUT2D eigenvalue weighted by molar-refractivity contribution is -0.144. The number of benzene rings is 2. The van der Waals surface area contributed by atoms with Crippen molar-refractivity contribution < 1.29 is 22.7 Å². The maximum absolute atomic E-state index is 12.4. The minimum absolute atomic E-state index is 0.0341. The highest BCUT2D eigenvalue weighted by molar-refractivity contribution is 7.92. The SMILES string of the molecule is CS(=O)(=O)Nc1ccc(NC(=O)C(=O)N2CCC(Oc3ccc(Cl)cc3)CC2)cc1. The number of halogens is 1. The van der Waals surface area contributed by atoms with Gasteiger partial charge in [-0.1, -0.05) is 11.6 Å². The van der Waals surface area contributed by atoms with Gasteiger partial charge in [0.2, 0.25) is 10.0 Å². The number of hydrogen-bond donors (Lipinski definition) is 2. The molecule has 0 atom stereocenters. The molecule has 2 amide bonds. The summed E-state index contributed by atoms with van der Waals surface area (Å²) in [6.07, 6.45) is 2.25. The molecule has 2 aromatic rings. The molecule has 2 N–H and O–H groups in total. The number of anilines is 2. The van der Waals surface area contributed by atoms with Crippen LogP contribution in [0.5, 0.6) is 5.75 Å². The van der Waals surface area contributed by atoms with Crippen LogP contribution in [-0.2, 0) is 19.6 Å². The Bertz CT molecular complexity index is 1000. The summed E-state index contributed by atoms with van der Waals surface area (Å²) in [7, 11) is -3.38. The van der Waals surface area contributed by atoms with Crippen molar-refractivity contribution in [1.82, 2.24) is 4.90 Å². The smallest absolute Gasteiger partial charge is 0.313 e. The van der Waals surface area contributed by atoms with Gasteiger partial charge < -0.3 is 15.0 Å². The summed E-state index contributed by atoms with van der Waals surface area (Å²) in [5.41, 5.74) is 0.762. The highest BCUT2D eigenvalue weighted by atomic mass is 35.5. The Hall–Kier alpha value is -2.78. The first-order chi connectivity index (χ1) is 14.2. The lowest BCUT2D eigenvalue weighted by Crippen LogP contribution is -2.46. The van der Waals surface area contributed by atoms with E-state index >= 15 is 0 Å². The molecule has 2 aromatic carbocycles. The third-order valence-corrected chi connectivity index (χ3v) is 5.34. The number of hydrogen-bond acceptors (Lipinski definition) is 5. The third kappa shape index (κ3) is 6.36. The van der Waals surface area contributed by atoms with E-state index in [2.05, 4.69) is 10.0 Å². The summed E-state index contributed by atoms with van der Waals surface area (Å²) in [6, 6.07) is 13.1. The normalized spacial score (nSPS) is 14.8. The van der Waals surface area contributed by atoms with E-state index in [9.17, 15) is 18.0 Å². The molecule has 1 heterocycles. The van der Waals surface area contributed by atoms with Gasteiger partial charge in [-0.2, -0.15) is 0 Å². The monoisotopic (exact) mass is 451 g/mol. The number of piperidine rings is 1. The number of carbonyl (C=O) groups excluding carboxylic acids is 2. The van der Waals surface area contributed by atoms with Crippen LogP contribution in [-0.4, -0.2) is 50.6 Å². The Kier molecular flexibility index (Phi) is 6.84. The number of amides is 2. The molecule has 1 saturated heterocycles. The Labute approximate surface area is 180 Å². The number of nitrogens with one attached hydrogen (secondary N) is 2. The number of carbonyl (C=O) groups is 2. The molecule has 0 aliphatic carbocycles. The molecule has 3 rings (SSSR count). The van der Waals surface area contributed by atoms with Crippen LogP contribution in [0.3, 0.4) is 0 Å². The third-order valence-electron chi connectivity index (χ3n) is 4.49. The first-order valence-corrected chi connectivity index (χ1v) is 11.6. The van der Waals surface area contributed by atoms with E-state index in [0.29, 0.717) is 42.3 Å². The molecule has 1 aliphatic rings. The molecule has 0 unspecified atom stereocenters. The van der Waals surface area contributed by atoms with Gasteiger partial charge in [0.05, 0.1) is 6.26 Å². The van der Waals surface area contributed by atoms with Gasteiger partial charge in [-0.05, 0) is 48.5 Å². The number of sulfonamides is 1. The maximum atomic E-state index is 12.4. The van der Waals surface area contributed by atoms with Crippen molar-refractivity contribution >= 4 is 44.8 Å². The predicted octanol–water partition coefficient (Wildman–Crippen LogP) is 2.72. The van der Waals surface area contributed by atoms with Gasteiger partial charge in [0.25, 0.3) is 0 Å². The van der Waals surface area contributed by atoms with Crippen molar-refractivity contribution in [3.8, 4) is 5.75 Å². The van der Waals surface area contributed by atoms with Gasteiger partial charge in [0.15, 0.2) is 0 Å². The zero-order chi connectivity index (χ0) is 21.7. The fraction of sp³-hybridized carbons (Fsp3) is 0.300. The summed E-state index contributed by atoms with van der Waals surface area (Å²) in [4.78, 5) is 26.2.